The summed E-state index contributed by atoms with van der Waals surface area (Å²) in [5.41, 5.74) is 0. The van der Waals surface area contributed by atoms with Crippen LogP contribution in [-0.4, -0.2) is 56.7 Å². The van der Waals surface area contributed by atoms with E-state index in [0.717, 1.165) is 0 Å². The molecule has 0 radical (unpaired) electrons. The first-order chi connectivity index (χ1) is 11.1. The SMILES string of the molecule is COc1ccccc1OCCCN(C)C(=O)N[C@@H]1CCNC1=O. The molecule has 0 saturated carbocycles. The van der Waals surface area contributed by atoms with E-state index < -0.39 is 6.04 Å². The Balaban J connectivity index is 1.69. The predicted molar refractivity (Wildman–Crippen MR) is 85.7 cm³/mol. The standard InChI is InChI=1S/C16H23N3O4/c1-19(16(21)18-12-8-9-17-15(12)20)10-5-11-23-14-7-4-3-6-13(14)22-2/h3-4,6-7,12H,5,8-11H2,1-2H3,(H,17,20)(H,18,21)/t12-/m1/s1. The van der Waals surface area contributed by atoms with Crippen LogP contribution in [0.5, 0.6) is 11.5 Å². The zero-order valence-electron chi connectivity index (χ0n) is 13.5. The van der Waals surface area contributed by atoms with Gasteiger partial charge in [-0.2, -0.15) is 0 Å². The van der Waals surface area contributed by atoms with Gasteiger partial charge in [-0.15, -0.1) is 0 Å². The highest BCUT2D eigenvalue weighted by Gasteiger charge is 2.26. The van der Waals surface area contributed by atoms with Crippen LogP contribution in [0.1, 0.15) is 12.8 Å². The highest BCUT2D eigenvalue weighted by molar-refractivity contribution is 5.88. The highest BCUT2D eigenvalue weighted by Crippen LogP contribution is 2.25. The molecule has 2 rings (SSSR count). The quantitative estimate of drug-likeness (QED) is 0.734. The Morgan fingerprint density at radius 2 is 2.13 bits per heavy atom. The van der Waals surface area contributed by atoms with E-state index in [-0.39, 0.29) is 11.9 Å². The van der Waals surface area contributed by atoms with Gasteiger partial charge >= 0.3 is 6.03 Å². The Hall–Kier alpha value is -2.44. The van der Waals surface area contributed by atoms with Crippen LogP contribution in [0.2, 0.25) is 0 Å². The molecular weight excluding hydrogens is 298 g/mol. The number of hydrogen-bond donors (Lipinski definition) is 2. The van der Waals surface area contributed by atoms with Crippen LogP contribution in [0, 0.1) is 0 Å². The third-order valence-corrected chi connectivity index (χ3v) is 3.66. The zero-order valence-corrected chi connectivity index (χ0v) is 13.5. The number of benzene rings is 1. The van der Waals surface area contributed by atoms with Crippen molar-refractivity contribution in [1.29, 1.82) is 0 Å². The average molecular weight is 321 g/mol. The van der Waals surface area contributed by atoms with Crippen molar-refractivity contribution in [1.82, 2.24) is 15.5 Å². The molecule has 23 heavy (non-hydrogen) atoms. The fourth-order valence-corrected chi connectivity index (χ4v) is 2.31. The molecule has 7 nitrogen and oxygen atoms in total. The van der Waals surface area contributed by atoms with E-state index in [1.807, 2.05) is 24.3 Å². The fourth-order valence-electron chi connectivity index (χ4n) is 2.31. The first-order valence-corrected chi connectivity index (χ1v) is 7.67. The van der Waals surface area contributed by atoms with Gasteiger partial charge in [-0.05, 0) is 25.0 Å². The monoisotopic (exact) mass is 321 g/mol. The molecule has 126 valence electrons. The number of carbonyl (C=O) groups excluding carboxylic acids is 2. The van der Waals surface area contributed by atoms with Gasteiger partial charge in [-0.3, -0.25) is 4.79 Å². The molecule has 7 heteroatoms. The van der Waals surface area contributed by atoms with Gasteiger partial charge in [0.1, 0.15) is 6.04 Å². The van der Waals surface area contributed by atoms with Crippen molar-refractivity contribution >= 4 is 11.9 Å². The van der Waals surface area contributed by atoms with E-state index in [0.29, 0.717) is 44.0 Å². The second kappa shape index (κ2) is 8.26. The van der Waals surface area contributed by atoms with Crippen LogP contribution in [0.25, 0.3) is 0 Å². The van der Waals surface area contributed by atoms with Gasteiger partial charge in [-0.25, -0.2) is 4.79 Å². The van der Waals surface area contributed by atoms with Crippen LogP contribution in [0.3, 0.4) is 0 Å². The van der Waals surface area contributed by atoms with E-state index in [1.54, 1.807) is 19.1 Å². The van der Waals surface area contributed by atoms with Crippen LogP contribution in [0.4, 0.5) is 4.79 Å². The van der Waals surface area contributed by atoms with Crippen molar-refractivity contribution in [2.45, 2.75) is 18.9 Å². The van der Waals surface area contributed by atoms with Gasteiger partial charge in [0.25, 0.3) is 0 Å². The smallest absolute Gasteiger partial charge is 0.317 e. The number of urea groups is 1. The van der Waals surface area contributed by atoms with Crippen LogP contribution in [-0.2, 0) is 4.79 Å². The third kappa shape index (κ3) is 4.77. The second-order valence-electron chi connectivity index (χ2n) is 5.36. The largest absolute Gasteiger partial charge is 0.493 e. The molecule has 1 atom stereocenters. The summed E-state index contributed by atoms with van der Waals surface area (Å²) in [6.45, 7) is 1.62. The third-order valence-electron chi connectivity index (χ3n) is 3.66. The number of nitrogens with one attached hydrogen (secondary N) is 2. The summed E-state index contributed by atoms with van der Waals surface area (Å²) < 4.78 is 10.9. The van der Waals surface area contributed by atoms with E-state index in [4.69, 9.17) is 9.47 Å². The lowest BCUT2D eigenvalue weighted by Gasteiger charge is -2.20. The van der Waals surface area contributed by atoms with Gasteiger partial charge in [0.15, 0.2) is 11.5 Å². The molecule has 1 aliphatic rings. The van der Waals surface area contributed by atoms with Crippen molar-refractivity contribution in [2.75, 3.05) is 33.9 Å². The Morgan fingerprint density at radius 3 is 2.78 bits per heavy atom. The minimum atomic E-state index is -0.422. The number of rotatable bonds is 7. The second-order valence-corrected chi connectivity index (χ2v) is 5.36. The summed E-state index contributed by atoms with van der Waals surface area (Å²) in [6.07, 6.45) is 1.31. The van der Waals surface area contributed by atoms with Crippen LogP contribution >= 0.6 is 0 Å². The molecule has 1 aromatic carbocycles. The van der Waals surface area contributed by atoms with E-state index in [2.05, 4.69) is 10.6 Å². The van der Waals surface area contributed by atoms with Gasteiger partial charge in [0, 0.05) is 20.1 Å². The maximum atomic E-state index is 12.0. The lowest BCUT2D eigenvalue weighted by Crippen LogP contribution is -2.46. The van der Waals surface area contributed by atoms with Gasteiger partial charge in [-0.1, -0.05) is 12.1 Å². The van der Waals surface area contributed by atoms with Crippen molar-refractivity contribution in [2.24, 2.45) is 0 Å². The minimum absolute atomic E-state index is 0.119. The number of ether oxygens (including phenoxy) is 2. The highest BCUT2D eigenvalue weighted by atomic mass is 16.5. The molecule has 1 fully saturated rings. The molecule has 0 spiro atoms. The van der Waals surface area contributed by atoms with Gasteiger partial charge in [0.2, 0.25) is 5.91 Å². The van der Waals surface area contributed by atoms with Crippen molar-refractivity contribution in [3.63, 3.8) is 0 Å². The predicted octanol–water partition coefficient (Wildman–Crippen LogP) is 0.994. The van der Waals surface area contributed by atoms with Crippen LogP contribution < -0.4 is 20.1 Å². The number of hydrogen-bond acceptors (Lipinski definition) is 4. The lowest BCUT2D eigenvalue weighted by atomic mass is 10.2. The Bertz CT molecular complexity index is 550. The molecule has 0 bridgehead atoms. The summed E-state index contributed by atoms with van der Waals surface area (Å²) in [5, 5.41) is 5.41. The minimum Gasteiger partial charge on any atom is -0.493 e. The maximum Gasteiger partial charge on any atom is 0.317 e. The van der Waals surface area contributed by atoms with Crippen molar-refractivity contribution in [3.05, 3.63) is 24.3 Å². The summed E-state index contributed by atoms with van der Waals surface area (Å²) in [4.78, 5) is 25.0. The molecule has 0 aromatic heterocycles. The molecule has 0 aliphatic carbocycles. The van der Waals surface area contributed by atoms with Gasteiger partial charge < -0.3 is 25.0 Å². The molecule has 0 unspecified atom stereocenters. The van der Waals surface area contributed by atoms with E-state index >= 15 is 0 Å². The summed E-state index contributed by atoms with van der Waals surface area (Å²) in [6, 6.07) is 6.77. The number of methoxy groups -OCH3 is 1. The van der Waals surface area contributed by atoms with Crippen molar-refractivity contribution in [3.8, 4) is 11.5 Å². The molecule has 1 aromatic rings. The first-order valence-electron chi connectivity index (χ1n) is 7.67. The Labute approximate surface area is 135 Å². The summed E-state index contributed by atoms with van der Waals surface area (Å²) in [5.74, 6) is 1.25. The normalized spacial score (nSPS) is 16.6. The maximum absolute atomic E-state index is 12.0. The van der Waals surface area contributed by atoms with Crippen LogP contribution in [0.15, 0.2) is 24.3 Å². The molecule has 1 aliphatic heterocycles. The van der Waals surface area contributed by atoms with E-state index in [1.165, 1.54) is 0 Å². The van der Waals surface area contributed by atoms with Crippen molar-refractivity contribution < 1.29 is 19.1 Å². The number of para-hydroxylation sites is 2. The molecule has 1 saturated heterocycles. The fraction of sp³-hybridized carbons (Fsp3) is 0.500. The number of carbonyl (C=O) groups is 2. The molecule has 3 amide bonds. The summed E-state index contributed by atoms with van der Waals surface area (Å²) >= 11 is 0. The average Bonchev–Trinajstić information content (AvgIpc) is 2.96. The molecular formula is C16H23N3O4. The molecule has 2 N–H and O–H groups in total. The first kappa shape index (κ1) is 16.9. The Morgan fingerprint density at radius 1 is 1.39 bits per heavy atom. The number of amides is 3. The van der Waals surface area contributed by atoms with Gasteiger partial charge in [0.05, 0.1) is 13.7 Å². The Kier molecular flexibility index (Phi) is 6.08. The lowest BCUT2D eigenvalue weighted by molar-refractivity contribution is -0.120. The summed E-state index contributed by atoms with van der Waals surface area (Å²) in [7, 11) is 3.30. The molecule has 1 heterocycles. The topological polar surface area (TPSA) is 79.9 Å². The zero-order chi connectivity index (χ0) is 16.7. The number of nitrogens with zero attached hydrogens (tertiary/aromatic N) is 1. The van der Waals surface area contributed by atoms with E-state index in [9.17, 15) is 9.59 Å².